The van der Waals surface area contributed by atoms with Crippen molar-refractivity contribution in [3.05, 3.63) is 34.4 Å². The lowest BCUT2D eigenvalue weighted by atomic mass is 10.3. The van der Waals surface area contributed by atoms with Gasteiger partial charge in [0.1, 0.15) is 5.69 Å². The summed E-state index contributed by atoms with van der Waals surface area (Å²) in [6, 6.07) is 1.91. The average molecular weight is 296 g/mol. The molecule has 0 bridgehead atoms. The third-order valence-corrected chi connectivity index (χ3v) is 3.57. The Labute approximate surface area is 122 Å². The van der Waals surface area contributed by atoms with E-state index in [1.54, 1.807) is 25.9 Å². The zero-order valence-corrected chi connectivity index (χ0v) is 12.8. The van der Waals surface area contributed by atoms with Gasteiger partial charge in [0, 0.05) is 26.8 Å². The highest BCUT2D eigenvalue weighted by Crippen LogP contribution is 2.21. The van der Waals surface area contributed by atoms with Crippen molar-refractivity contribution in [2.24, 2.45) is 7.05 Å². The molecule has 0 aliphatic rings. The van der Waals surface area contributed by atoms with Gasteiger partial charge in [-0.25, -0.2) is 0 Å². The number of nitrogens with zero attached hydrogens (tertiary/aromatic N) is 5. The Balaban J connectivity index is 2.16. The number of amides is 1. The molecule has 2 rings (SSSR count). The summed E-state index contributed by atoms with van der Waals surface area (Å²) in [5.41, 5.74) is 1.90. The maximum atomic E-state index is 12.4. The maximum absolute atomic E-state index is 12.4. The van der Waals surface area contributed by atoms with Crippen LogP contribution in [0.15, 0.2) is 12.3 Å². The first kappa shape index (κ1) is 14.6. The summed E-state index contributed by atoms with van der Waals surface area (Å²) in [7, 11) is 3.44. The van der Waals surface area contributed by atoms with Gasteiger partial charge in [0.25, 0.3) is 5.91 Å². The minimum absolute atomic E-state index is 0.163. The first-order valence-corrected chi connectivity index (χ1v) is 6.78. The van der Waals surface area contributed by atoms with E-state index in [9.17, 15) is 4.79 Å². The standard InChI is InChI=1S/C13H18ClN5O/c1-5-19-7-6-10(16-19)8-17(3)13(20)12-11(14)9(2)15-18(12)4/h6-7H,5,8H2,1-4H3. The SMILES string of the molecule is CCn1ccc(CN(C)C(=O)c2c(Cl)c(C)nn2C)n1. The lowest BCUT2D eigenvalue weighted by Gasteiger charge is -2.16. The molecule has 2 aromatic heterocycles. The zero-order valence-electron chi connectivity index (χ0n) is 12.1. The molecule has 6 nitrogen and oxygen atoms in total. The quantitative estimate of drug-likeness (QED) is 0.865. The number of hydrogen-bond acceptors (Lipinski definition) is 3. The molecule has 1 amide bonds. The summed E-state index contributed by atoms with van der Waals surface area (Å²) < 4.78 is 3.34. The lowest BCUT2D eigenvalue weighted by molar-refractivity contribution is 0.0772. The van der Waals surface area contributed by atoms with Crippen molar-refractivity contribution in [1.29, 1.82) is 0 Å². The third kappa shape index (κ3) is 2.70. The number of rotatable bonds is 4. The highest BCUT2D eigenvalue weighted by Gasteiger charge is 2.22. The molecular weight excluding hydrogens is 278 g/mol. The first-order chi connectivity index (χ1) is 9.43. The molecule has 0 radical (unpaired) electrons. The van der Waals surface area contributed by atoms with Crippen LogP contribution >= 0.6 is 11.6 Å². The van der Waals surface area contributed by atoms with Gasteiger partial charge in [-0.15, -0.1) is 0 Å². The van der Waals surface area contributed by atoms with Gasteiger partial charge in [-0.05, 0) is 19.9 Å². The van der Waals surface area contributed by atoms with Crippen LogP contribution in [-0.2, 0) is 20.1 Å². The van der Waals surface area contributed by atoms with Gasteiger partial charge in [0.05, 0.1) is 23.0 Å². The Morgan fingerprint density at radius 2 is 2.15 bits per heavy atom. The van der Waals surface area contributed by atoms with Gasteiger partial charge >= 0.3 is 0 Å². The van der Waals surface area contributed by atoms with Crippen LogP contribution in [0.2, 0.25) is 5.02 Å². The predicted octanol–water partition coefficient (Wildman–Crippen LogP) is 1.87. The molecule has 0 aliphatic carbocycles. The Morgan fingerprint density at radius 1 is 1.45 bits per heavy atom. The van der Waals surface area contributed by atoms with Gasteiger partial charge in [0.15, 0.2) is 0 Å². The van der Waals surface area contributed by atoms with Crippen molar-refractivity contribution in [2.75, 3.05) is 7.05 Å². The number of halogens is 1. The second-order valence-corrected chi connectivity index (χ2v) is 5.07. The van der Waals surface area contributed by atoms with Crippen LogP contribution in [0.25, 0.3) is 0 Å². The monoisotopic (exact) mass is 295 g/mol. The van der Waals surface area contributed by atoms with Crippen LogP contribution in [0, 0.1) is 6.92 Å². The molecule has 0 aliphatic heterocycles. The largest absolute Gasteiger partial charge is 0.334 e. The number of hydrogen-bond donors (Lipinski definition) is 0. The molecule has 2 aromatic rings. The molecular formula is C13H18ClN5O. The molecule has 2 heterocycles. The van der Waals surface area contributed by atoms with Crippen molar-refractivity contribution in [2.45, 2.75) is 26.9 Å². The number of aromatic nitrogens is 4. The molecule has 7 heteroatoms. The van der Waals surface area contributed by atoms with Gasteiger partial charge in [-0.3, -0.25) is 14.2 Å². The molecule has 0 unspecified atom stereocenters. The molecule has 0 aromatic carbocycles. The molecule has 0 atom stereocenters. The average Bonchev–Trinajstić information content (AvgIpc) is 2.95. The molecule has 20 heavy (non-hydrogen) atoms. The minimum Gasteiger partial charge on any atom is -0.334 e. The van der Waals surface area contributed by atoms with Crippen molar-refractivity contribution in [3.63, 3.8) is 0 Å². The van der Waals surface area contributed by atoms with Crippen LogP contribution in [0.3, 0.4) is 0 Å². The van der Waals surface area contributed by atoms with Crippen LogP contribution in [0.1, 0.15) is 28.8 Å². The normalized spacial score (nSPS) is 10.8. The van der Waals surface area contributed by atoms with E-state index < -0.39 is 0 Å². The van der Waals surface area contributed by atoms with Crippen molar-refractivity contribution < 1.29 is 4.79 Å². The fraction of sp³-hybridized carbons (Fsp3) is 0.462. The molecule has 0 N–H and O–H groups in total. The predicted molar refractivity (Wildman–Crippen MR) is 76.7 cm³/mol. The summed E-state index contributed by atoms with van der Waals surface area (Å²) in [5.74, 6) is -0.163. The third-order valence-electron chi connectivity index (χ3n) is 3.12. The lowest BCUT2D eigenvalue weighted by Crippen LogP contribution is -2.28. The van der Waals surface area contributed by atoms with E-state index in [1.807, 2.05) is 23.9 Å². The minimum atomic E-state index is -0.163. The second kappa shape index (κ2) is 5.66. The smallest absolute Gasteiger partial charge is 0.273 e. The van der Waals surface area contributed by atoms with Crippen LogP contribution in [0.4, 0.5) is 0 Å². The van der Waals surface area contributed by atoms with Crippen molar-refractivity contribution in [1.82, 2.24) is 24.5 Å². The van der Waals surface area contributed by atoms with Crippen LogP contribution in [-0.4, -0.2) is 37.4 Å². The Kier molecular flexibility index (Phi) is 4.13. The number of carbonyl (C=O) groups is 1. The van der Waals surface area contributed by atoms with Crippen molar-refractivity contribution >= 4 is 17.5 Å². The fourth-order valence-electron chi connectivity index (χ4n) is 2.02. The van der Waals surface area contributed by atoms with Gasteiger partial charge in [-0.1, -0.05) is 11.6 Å². The number of aryl methyl sites for hydroxylation is 3. The maximum Gasteiger partial charge on any atom is 0.273 e. The van der Waals surface area contributed by atoms with E-state index in [-0.39, 0.29) is 5.91 Å². The summed E-state index contributed by atoms with van der Waals surface area (Å²) in [6.07, 6.45) is 1.90. The number of carbonyl (C=O) groups excluding carboxylic acids is 1. The zero-order chi connectivity index (χ0) is 14.9. The Morgan fingerprint density at radius 3 is 2.65 bits per heavy atom. The van der Waals surface area contributed by atoms with E-state index in [1.165, 1.54) is 4.68 Å². The van der Waals surface area contributed by atoms with Gasteiger partial charge in [-0.2, -0.15) is 10.2 Å². The summed E-state index contributed by atoms with van der Waals surface area (Å²) in [5, 5.41) is 8.92. The molecule has 0 saturated heterocycles. The summed E-state index contributed by atoms with van der Waals surface area (Å²) in [6.45, 7) is 5.04. The van der Waals surface area contributed by atoms with Gasteiger partial charge < -0.3 is 4.90 Å². The fourth-order valence-corrected chi connectivity index (χ4v) is 2.27. The van der Waals surface area contributed by atoms with Crippen LogP contribution in [0.5, 0.6) is 0 Å². The molecule has 0 spiro atoms. The van der Waals surface area contributed by atoms with E-state index >= 15 is 0 Å². The first-order valence-electron chi connectivity index (χ1n) is 6.41. The highest BCUT2D eigenvalue weighted by atomic mass is 35.5. The highest BCUT2D eigenvalue weighted by molar-refractivity contribution is 6.34. The van der Waals surface area contributed by atoms with Crippen LogP contribution < -0.4 is 0 Å². The Bertz CT molecular complexity index is 631. The second-order valence-electron chi connectivity index (χ2n) is 4.70. The van der Waals surface area contributed by atoms with E-state index in [4.69, 9.17) is 11.6 Å². The van der Waals surface area contributed by atoms with Crippen molar-refractivity contribution in [3.8, 4) is 0 Å². The topological polar surface area (TPSA) is 56.0 Å². The molecule has 0 saturated carbocycles. The van der Waals surface area contributed by atoms with Gasteiger partial charge in [0.2, 0.25) is 0 Å². The Hall–Kier alpha value is -1.82. The molecule has 0 fully saturated rings. The van der Waals surface area contributed by atoms with E-state index in [2.05, 4.69) is 10.2 Å². The van der Waals surface area contributed by atoms with E-state index in [0.29, 0.717) is 23.0 Å². The summed E-state index contributed by atoms with van der Waals surface area (Å²) >= 11 is 6.13. The molecule has 108 valence electrons. The summed E-state index contributed by atoms with van der Waals surface area (Å²) in [4.78, 5) is 14.0. The van der Waals surface area contributed by atoms with E-state index in [0.717, 1.165) is 12.2 Å².